The van der Waals surface area contributed by atoms with Crippen LogP contribution >= 0.6 is 0 Å². The fraction of sp³-hybridized carbons (Fsp3) is 0.350. The van der Waals surface area contributed by atoms with E-state index < -0.39 is 0 Å². The van der Waals surface area contributed by atoms with Gasteiger partial charge >= 0.3 is 0 Å². The van der Waals surface area contributed by atoms with Gasteiger partial charge in [-0.25, -0.2) is 18.9 Å². The zero-order chi connectivity index (χ0) is 19.8. The molecule has 0 fully saturated rings. The van der Waals surface area contributed by atoms with Crippen LogP contribution in [0.4, 0.5) is 10.3 Å². The van der Waals surface area contributed by atoms with Gasteiger partial charge in [0.15, 0.2) is 5.82 Å². The van der Waals surface area contributed by atoms with E-state index >= 15 is 0 Å². The summed E-state index contributed by atoms with van der Waals surface area (Å²) in [5.74, 6) is 0.993. The smallest absolute Gasteiger partial charge is 0.241 e. The van der Waals surface area contributed by atoms with Crippen molar-refractivity contribution in [2.45, 2.75) is 26.8 Å². The van der Waals surface area contributed by atoms with Gasteiger partial charge in [0, 0.05) is 31.5 Å². The highest BCUT2D eigenvalue weighted by atomic mass is 19.1. The molecule has 0 unspecified atom stereocenters. The summed E-state index contributed by atoms with van der Waals surface area (Å²) < 4.78 is 23.6. The van der Waals surface area contributed by atoms with Crippen LogP contribution in [0.1, 0.15) is 25.7 Å². The fourth-order valence-corrected chi connectivity index (χ4v) is 3.57. The number of nitrogens with one attached hydrogen (secondary N) is 1. The molecule has 8 heteroatoms. The number of halogens is 1. The zero-order valence-electron chi connectivity index (χ0n) is 16.4. The number of fused-ring (bicyclic) bond motifs is 2. The number of methoxy groups -OCH3 is 1. The van der Waals surface area contributed by atoms with Gasteiger partial charge in [0.25, 0.3) is 0 Å². The molecule has 146 valence electrons. The van der Waals surface area contributed by atoms with Crippen molar-refractivity contribution in [2.75, 3.05) is 25.6 Å². The Morgan fingerprint density at radius 1 is 1.25 bits per heavy atom. The molecule has 3 heterocycles. The second-order valence-electron chi connectivity index (χ2n) is 7.01. The first-order chi connectivity index (χ1) is 13.5. The third-order valence-electron chi connectivity index (χ3n) is 4.76. The molecule has 0 saturated heterocycles. The summed E-state index contributed by atoms with van der Waals surface area (Å²) in [5.41, 5.74) is 3.65. The van der Waals surface area contributed by atoms with Crippen molar-refractivity contribution in [2.24, 2.45) is 0 Å². The Hall–Kier alpha value is -3.00. The molecule has 0 aliphatic rings. The Labute approximate surface area is 162 Å². The first-order valence-corrected chi connectivity index (χ1v) is 9.25. The summed E-state index contributed by atoms with van der Waals surface area (Å²) in [7, 11) is 1.65. The number of nitrogens with zero attached hydrogens (tertiary/aromatic N) is 5. The Morgan fingerprint density at radius 2 is 2.07 bits per heavy atom. The predicted octanol–water partition coefficient (Wildman–Crippen LogP) is 3.83. The maximum Gasteiger partial charge on any atom is 0.241 e. The number of anilines is 1. The average molecular weight is 382 g/mol. The number of benzene rings is 1. The standard InChI is InChI=1S/C20H23FN6O/c1-12(2)27-13(3)24-19-16(21)9-14(10-17(19)27)15-5-7-26-18(15)11-23-20(25-26)22-6-8-28-4/h5,7,9-12H,6,8H2,1-4H3,(H,22,25). The number of hydrogen-bond acceptors (Lipinski definition) is 5. The first kappa shape index (κ1) is 18.4. The monoisotopic (exact) mass is 382 g/mol. The van der Waals surface area contributed by atoms with Crippen LogP contribution in [-0.4, -0.2) is 44.4 Å². The van der Waals surface area contributed by atoms with E-state index in [9.17, 15) is 4.39 Å². The van der Waals surface area contributed by atoms with Crippen molar-refractivity contribution in [1.29, 1.82) is 0 Å². The Morgan fingerprint density at radius 3 is 2.82 bits per heavy atom. The number of aryl methyl sites for hydroxylation is 1. The van der Waals surface area contributed by atoms with Crippen molar-refractivity contribution in [1.82, 2.24) is 24.1 Å². The molecule has 4 aromatic rings. The van der Waals surface area contributed by atoms with Crippen LogP contribution in [0.25, 0.3) is 27.7 Å². The van der Waals surface area contributed by atoms with Crippen LogP contribution in [-0.2, 0) is 4.74 Å². The fourth-order valence-electron chi connectivity index (χ4n) is 3.57. The lowest BCUT2D eigenvalue weighted by Crippen LogP contribution is -2.11. The SMILES string of the molecule is COCCNc1ncc2c(-c3cc(F)c4nc(C)n(C(C)C)c4c3)ccn2n1. The molecule has 4 rings (SSSR count). The molecule has 0 bridgehead atoms. The zero-order valence-corrected chi connectivity index (χ0v) is 16.4. The second kappa shape index (κ2) is 7.20. The van der Waals surface area contributed by atoms with Crippen molar-refractivity contribution in [3.8, 4) is 11.1 Å². The molecule has 0 atom stereocenters. The molecule has 0 amide bonds. The second-order valence-corrected chi connectivity index (χ2v) is 7.01. The summed E-state index contributed by atoms with van der Waals surface area (Å²) in [4.78, 5) is 8.77. The van der Waals surface area contributed by atoms with Crippen LogP contribution in [0.15, 0.2) is 30.6 Å². The molecular weight excluding hydrogens is 359 g/mol. The molecule has 1 N–H and O–H groups in total. The van der Waals surface area contributed by atoms with Gasteiger partial charge < -0.3 is 14.6 Å². The minimum atomic E-state index is -0.326. The number of ether oxygens (including phenoxy) is 1. The van der Waals surface area contributed by atoms with Crippen LogP contribution in [0, 0.1) is 12.7 Å². The van der Waals surface area contributed by atoms with Gasteiger partial charge in [0.2, 0.25) is 5.95 Å². The number of hydrogen-bond donors (Lipinski definition) is 1. The van der Waals surface area contributed by atoms with E-state index in [1.54, 1.807) is 17.8 Å². The van der Waals surface area contributed by atoms with Gasteiger partial charge in [-0.15, -0.1) is 5.10 Å². The predicted molar refractivity (Wildman–Crippen MR) is 107 cm³/mol. The van der Waals surface area contributed by atoms with Gasteiger partial charge in [0.1, 0.15) is 11.3 Å². The van der Waals surface area contributed by atoms with Gasteiger partial charge in [-0.1, -0.05) is 0 Å². The highest BCUT2D eigenvalue weighted by Gasteiger charge is 2.17. The third kappa shape index (κ3) is 3.09. The lowest BCUT2D eigenvalue weighted by Gasteiger charge is -2.11. The number of aromatic nitrogens is 5. The summed E-state index contributed by atoms with van der Waals surface area (Å²) in [5, 5.41) is 7.56. The molecule has 1 aromatic carbocycles. The van der Waals surface area contributed by atoms with Crippen molar-refractivity contribution in [3.05, 3.63) is 42.2 Å². The molecule has 0 aliphatic carbocycles. The van der Waals surface area contributed by atoms with E-state index in [0.29, 0.717) is 24.6 Å². The van der Waals surface area contributed by atoms with E-state index in [1.807, 2.05) is 25.3 Å². The maximum absolute atomic E-state index is 14.8. The van der Waals surface area contributed by atoms with Crippen molar-refractivity contribution in [3.63, 3.8) is 0 Å². The maximum atomic E-state index is 14.8. The highest BCUT2D eigenvalue weighted by molar-refractivity contribution is 5.88. The Kier molecular flexibility index (Phi) is 4.72. The molecule has 0 radical (unpaired) electrons. The topological polar surface area (TPSA) is 69.3 Å². The molecule has 0 spiro atoms. The minimum Gasteiger partial charge on any atom is -0.383 e. The van der Waals surface area contributed by atoms with Crippen LogP contribution in [0.3, 0.4) is 0 Å². The summed E-state index contributed by atoms with van der Waals surface area (Å²) in [6.07, 6.45) is 3.59. The molecule has 3 aromatic heterocycles. The molecule has 28 heavy (non-hydrogen) atoms. The largest absolute Gasteiger partial charge is 0.383 e. The van der Waals surface area contributed by atoms with Crippen molar-refractivity contribution >= 4 is 22.5 Å². The Bertz CT molecular complexity index is 1150. The van der Waals surface area contributed by atoms with E-state index in [4.69, 9.17) is 4.74 Å². The third-order valence-corrected chi connectivity index (χ3v) is 4.76. The molecule has 0 saturated carbocycles. The van der Waals surface area contributed by atoms with E-state index in [2.05, 4.69) is 38.8 Å². The molecule has 0 aliphatic heterocycles. The summed E-state index contributed by atoms with van der Waals surface area (Å²) in [6, 6.07) is 5.62. The summed E-state index contributed by atoms with van der Waals surface area (Å²) in [6.45, 7) is 7.23. The Balaban J connectivity index is 1.79. The quantitative estimate of drug-likeness (QED) is 0.513. The highest BCUT2D eigenvalue weighted by Crippen LogP contribution is 2.31. The number of imidazole rings is 1. The lowest BCUT2D eigenvalue weighted by atomic mass is 10.1. The minimum absolute atomic E-state index is 0.189. The average Bonchev–Trinajstić information content (AvgIpc) is 3.22. The van der Waals surface area contributed by atoms with Crippen LogP contribution in [0.5, 0.6) is 0 Å². The van der Waals surface area contributed by atoms with Gasteiger partial charge in [0.05, 0.1) is 23.8 Å². The van der Waals surface area contributed by atoms with E-state index in [0.717, 1.165) is 28.0 Å². The van der Waals surface area contributed by atoms with Gasteiger partial charge in [-0.2, -0.15) is 0 Å². The van der Waals surface area contributed by atoms with Crippen molar-refractivity contribution < 1.29 is 9.13 Å². The van der Waals surface area contributed by atoms with Gasteiger partial charge in [-0.3, -0.25) is 0 Å². The van der Waals surface area contributed by atoms with E-state index in [1.165, 1.54) is 6.07 Å². The number of rotatable bonds is 6. The van der Waals surface area contributed by atoms with Crippen LogP contribution in [0.2, 0.25) is 0 Å². The van der Waals surface area contributed by atoms with Crippen LogP contribution < -0.4 is 5.32 Å². The molecule has 7 nitrogen and oxygen atoms in total. The summed E-state index contributed by atoms with van der Waals surface area (Å²) >= 11 is 0. The normalized spacial score (nSPS) is 11.8. The van der Waals surface area contributed by atoms with Gasteiger partial charge in [-0.05, 0) is 44.5 Å². The first-order valence-electron chi connectivity index (χ1n) is 9.25. The molecular formula is C20H23FN6O. The van der Waals surface area contributed by atoms with E-state index in [-0.39, 0.29) is 11.9 Å². The lowest BCUT2D eigenvalue weighted by molar-refractivity contribution is 0.210.